The average molecular weight is 240 g/mol. The standard InChI is InChI=1S/C7H8F4N4O/c8-4-3-13-6(15-12)14-5(4)16-2-1-7(9,10)11/h3H,1-2,12H2,(H,13,14,15). The Bertz CT molecular complexity index is 357. The van der Waals surface area contributed by atoms with E-state index in [1.165, 1.54) is 0 Å². The number of nitrogen functional groups attached to an aromatic ring is 1. The van der Waals surface area contributed by atoms with Crippen molar-refractivity contribution in [3.8, 4) is 5.88 Å². The quantitative estimate of drug-likeness (QED) is 0.470. The Labute approximate surface area is 87.6 Å². The summed E-state index contributed by atoms with van der Waals surface area (Å²) in [5.74, 6) is 3.25. The van der Waals surface area contributed by atoms with Crippen LogP contribution in [0.1, 0.15) is 6.42 Å². The van der Waals surface area contributed by atoms with E-state index in [0.717, 1.165) is 6.20 Å². The van der Waals surface area contributed by atoms with Crippen LogP contribution in [0.15, 0.2) is 6.20 Å². The van der Waals surface area contributed by atoms with Crippen molar-refractivity contribution in [2.45, 2.75) is 12.6 Å². The number of aromatic nitrogens is 2. The fourth-order valence-electron chi connectivity index (χ4n) is 0.786. The van der Waals surface area contributed by atoms with E-state index in [2.05, 4.69) is 14.7 Å². The van der Waals surface area contributed by atoms with Crippen molar-refractivity contribution in [1.82, 2.24) is 9.97 Å². The van der Waals surface area contributed by atoms with Crippen LogP contribution in [0.2, 0.25) is 0 Å². The molecule has 3 N–H and O–H groups in total. The lowest BCUT2D eigenvalue weighted by Gasteiger charge is -2.08. The summed E-state index contributed by atoms with van der Waals surface area (Å²) >= 11 is 0. The van der Waals surface area contributed by atoms with Crippen molar-refractivity contribution in [2.75, 3.05) is 12.0 Å². The lowest BCUT2D eigenvalue weighted by atomic mass is 10.4. The maximum Gasteiger partial charge on any atom is 0.392 e. The van der Waals surface area contributed by atoms with Gasteiger partial charge < -0.3 is 4.74 Å². The van der Waals surface area contributed by atoms with Crippen molar-refractivity contribution in [2.24, 2.45) is 5.84 Å². The van der Waals surface area contributed by atoms with E-state index in [-0.39, 0.29) is 5.95 Å². The first-order chi connectivity index (χ1) is 7.42. The van der Waals surface area contributed by atoms with Gasteiger partial charge in [-0.05, 0) is 0 Å². The van der Waals surface area contributed by atoms with E-state index < -0.39 is 30.9 Å². The topological polar surface area (TPSA) is 73.1 Å². The molecular formula is C7H8F4N4O. The molecule has 0 bridgehead atoms. The summed E-state index contributed by atoms with van der Waals surface area (Å²) in [5, 5.41) is 0. The molecule has 0 aliphatic rings. The zero-order valence-electron chi connectivity index (χ0n) is 7.88. The molecule has 1 heterocycles. The molecule has 0 radical (unpaired) electrons. The Kier molecular flexibility index (Phi) is 3.82. The molecule has 16 heavy (non-hydrogen) atoms. The largest absolute Gasteiger partial charge is 0.475 e. The van der Waals surface area contributed by atoms with Crippen LogP contribution in [0.25, 0.3) is 0 Å². The highest BCUT2D eigenvalue weighted by Crippen LogP contribution is 2.20. The van der Waals surface area contributed by atoms with Crippen LogP contribution in [-0.4, -0.2) is 22.8 Å². The van der Waals surface area contributed by atoms with E-state index >= 15 is 0 Å². The van der Waals surface area contributed by atoms with Crippen molar-refractivity contribution < 1.29 is 22.3 Å². The van der Waals surface area contributed by atoms with Gasteiger partial charge in [-0.15, -0.1) is 0 Å². The molecular weight excluding hydrogens is 232 g/mol. The van der Waals surface area contributed by atoms with E-state index in [4.69, 9.17) is 5.84 Å². The number of hydrogen-bond acceptors (Lipinski definition) is 5. The van der Waals surface area contributed by atoms with Gasteiger partial charge in [0.25, 0.3) is 5.88 Å². The molecule has 1 aromatic rings. The first-order valence-corrected chi connectivity index (χ1v) is 4.11. The molecule has 0 aliphatic carbocycles. The number of alkyl halides is 3. The van der Waals surface area contributed by atoms with Gasteiger partial charge in [0.05, 0.1) is 19.2 Å². The molecule has 0 atom stereocenters. The van der Waals surface area contributed by atoms with Crippen LogP contribution >= 0.6 is 0 Å². The van der Waals surface area contributed by atoms with E-state index in [0.29, 0.717) is 0 Å². The van der Waals surface area contributed by atoms with Crippen molar-refractivity contribution in [1.29, 1.82) is 0 Å². The summed E-state index contributed by atoms with van der Waals surface area (Å²) in [7, 11) is 0. The third-order valence-corrected chi connectivity index (χ3v) is 1.47. The highest BCUT2D eigenvalue weighted by atomic mass is 19.4. The Balaban J connectivity index is 2.59. The fourth-order valence-corrected chi connectivity index (χ4v) is 0.786. The second-order valence-electron chi connectivity index (χ2n) is 2.70. The van der Waals surface area contributed by atoms with Crippen molar-refractivity contribution in [3.63, 3.8) is 0 Å². The minimum Gasteiger partial charge on any atom is -0.475 e. The van der Waals surface area contributed by atoms with Crippen LogP contribution in [-0.2, 0) is 0 Å². The maximum atomic E-state index is 12.9. The number of rotatable bonds is 4. The van der Waals surface area contributed by atoms with Crippen LogP contribution < -0.4 is 16.0 Å². The number of nitrogens with two attached hydrogens (primary N) is 1. The zero-order chi connectivity index (χ0) is 12.2. The number of ether oxygens (including phenoxy) is 1. The lowest BCUT2D eigenvalue weighted by Crippen LogP contribution is -2.15. The molecule has 9 heteroatoms. The molecule has 1 aromatic heterocycles. The van der Waals surface area contributed by atoms with Gasteiger partial charge in [0.15, 0.2) is 0 Å². The Morgan fingerprint density at radius 1 is 1.44 bits per heavy atom. The number of hydrogen-bond donors (Lipinski definition) is 2. The summed E-state index contributed by atoms with van der Waals surface area (Å²) in [6.45, 7) is -0.721. The maximum absolute atomic E-state index is 12.9. The number of anilines is 1. The van der Waals surface area contributed by atoms with E-state index in [9.17, 15) is 17.6 Å². The SMILES string of the molecule is NNc1ncc(F)c(OCCC(F)(F)F)n1. The van der Waals surface area contributed by atoms with Crippen LogP contribution in [0.5, 0.6) is 5.88 Å². The monoisotopic (exact) mass is 240 g/mol. The molecule has 0 aliphatic heterocycles. The Morgan fingerprint density at radius 2 is 2.12 bits per heavy atom. The average Bonchev–Trinajstić information content (AvgIpc) is 2.19. The second kappa shape index (κ2) is 4.92. The van der Waals surface area contributed by atoms with Crippen LogP contribution in [0.3, 0.4) is 0 Å². The van der Waals surface area contributed by atoms with Gasteiger partial charge in [0.1, 0.15) is 0 Å². The fraction of sp³-hybridized carbons (Fsp3) is 0.429. The second-order valence-corrected chi connectivity index (χ2v) is 2.70. The summed E-state index contributed by atoms with van der Waals surface area (Å²) in [5.41, 5.74) is 2.01. The first kappa shape index (κ1) is 12.4. The molecule has 0 aromatic carbocycles. The van der Waals surface area contributed by atoms with Gasteiger partial charge in [-0.25, -0.2) is 10.8 Å². The predicted molar refractivity (Wildman–Crippen MR) is 46.0 cm³/mol. The molecule has 0 amide bonds. The van der Waals surface area contributed by atoms with Crippen LogP contribution in [0.4, 0.5) is 23.5 Å². The number of nitrogens with zero attached hydrogens (tertiary/aromatic N) is 2. The number of nitrogens with one attached hydrogen (secondary N) is 1. The summed E-state index contributed by atoms with van der Waals surface area (Å²) in [6, 6.07) is 0. The molecule has 0 fully saturated rings. The zero-order valence-corrected chi connectivity index (χ0v) is 7.88. The minimum absolute atomic E-state index is 0.150. The lowest BCUT2D eigenvalue weighted by molar-refractivity contribution is -0.139. The van der Waals surface area contributed by atoms with Gasteiger partial charge in [-0.3, -0.25) is 5.43 Å². The summed E-state index contributed by atoms with van der Waals surface area (Å²) < 4.78 is 52.7. The van der Waals surface area contributed by atoms with E-state index in [1.807, 2.05) is 5.43 Å². The van der Waals surface area contributed by atoms with Crippen molar-refractivity contribution in [3.05, 3.63) is 12.0 Å². The number of halogens is 4. The molecule has 0 saturated heterocycles. The van der Waals surface area contributed by atoms with Crippen molar-refractivity contribution >= 4 is 5.95 Å². The summed E-state index contributed by atoms with van der Waals surface area (Å²) in [4.78, 5) is 6.79. The predicted octanol–water partition coefficient (Wildman–Crippen LogP) is 1.23. The molecule has 0 spiro atoms. The Hall–Kier alpha value is -1.64. The van der Waals surface area contributed by atoms with Gasteiger partial charge in [-0.2, -0.15) is 22.5 Å². The third-order valence-electron chi connectivity index (χ3n) is 1.47. The van der Waals surface area contributed by atoms with Crippen LogP contribution in [0, 0.1) is 5.82 Å². The summed E-state index contributed by atoms with van der Waals surface area (Å²) in [6.07, 6.45) is -4.81. The third kappa shape index (κ3) is 3.85. The highest BCUT2D eigenvalue weighted by molar-refractivity contribution is 5.26. The molecule has 0 unspecified atom stereocenters. The minimum atomic E-state index is -4.36. The molecule has 0 saturated carbocycles. The normalized spacial score (nSPS) is 11.3. The van der Waals surface area contributed by atoms with E-state index in [1.54, 1.807) is 0 Å². The molecule has 90 valence electrons. The van der Waals surface area contributed by atoms with Gasteiger partial charge >= 0.3 is 6.18 Å². The van der Waals surface area contributed by atoms with Gasteiger partial charge in [-0.1, -0.05) is 0 Å². The smallest absolute Gasteiger partial charge is 0.392 e. The first-order valence-electron chi connectivity index (χ1n) is 4.11. The van der Waals surface area contributed by atoms with Gasteiger partial charge in [0, 0.05) is 0 Å². The number of hydrazine groups is 1. The highest BCUT2D eigenvalue weighted by Gasteiger charge is 2.27. The van der Waals surface area contributed by atoms with Gasteiger partial charge in [0.2, 0.25) is 11.8 Å². The molecule has 1 rings (SSSR count). The Morgan fingerprint density at radius 3 is 2.69 bits per heavy atom. The molecule has 5 nitrogen and oxygen atoms in total.